The first kappa shape index (κ1) is 22.9. The van der Waals surface area contributed by atoms with Gasteiger partial charge in [0.25, 0.3) is 11.8 Å². The molecule has 2 unspecified atom stereocenters. The molecule has 0 fully saturated rings. The summed E-state index contributed by atoms with van der Waals surface area (Å²) in [6, 6.07) is 4.48. The maximum Gasteiger partial charge on any atom is 0.251 e. The van der Waals surface area contributed by atoms with E-state index in [1.54, 1.807) is 0 Å². The van der Waals surface area contributed by atoms with Crippen molar-refractivity contribution in [2.75, 3.05) is 13.1 Å². The van der Waals surface area contributed by atoms with Gasteiger partial charge in [-0.05, 0) is 56.7 Å². The monoisotopic (exact) mass is 378 g/mol. The number of hydrogen-bond acceptors (Lipinski definition) is 5. The molecule has 7 heteroatoms. The van der Waals surface area contributed by atoms with Crippen LogP contribution in [0.3, 0.4) is 0 Å². The molecule has 1 aromatic rings. The second kappa shape index (κ2) is 12.3. The number of nitrogens with one attached hydrogen (secondary N) is 2. The van der Waals surface area contributed by atoms with E-state index in [1.165, 1.54) is 18.2 Å². The fourth-order valence-corrected chi connectivity index (χ4v) is 2.62. The van der Waals surface area contributed by atoms with Gasteiger partial charge in [-0.2, -0.15) is 0 Å². The molecule has 0 aromatic heterocycles. The summed E-state index contributed by atoms with van der Waals surface area (Å²) >= 11 is 0. The van der Waals surface area contributed by atoms with Gasteiger partial charge in [-0.25, -0.2) is 0 Å². The van der Waals surface area contributed by atoms with E-state index in [1.807, 2.05) is 13.8 Å². The Morgan fingerprint density at radius 3 is 1.67 bits per heavy atom. The Morgan fingerprint density at radius 1 is 0.889 bits per heavy atom. The molecule has 0 saturated carbocycles. The predicted octanol–water partition coefficient (Wildman–Crippen LogP) is 1.89. The molecular formula is C20H34N4O3. The Morgan fingerprint density at radius 2 is 1.30 bits per heavy atom. The summed E-state index contributed by atoms with van der Waals surface area (Å²) < 4.78 is 0. The third kappa shape index (κ3) is 8.88. The summed E-state index contributed by atoms with van der Waals surface area (Å²) in [5.74, 6) is -0.758. The predicted molar refractivity (Wildman–Crippen MR) is 108 cm³/mol. The van der Waals surface area contributed by atoms with E-state index in [9.17, 15) is 14.7 Å². The third-order valence-electron chi connectivity index (χ3n) is 4.57. The zero-order valence-electron chi connectivity index (χ0n) is 16.5. The van der Waals surface area contributed by atoms with Crippen LogP contribution in [-0.4, -0.2) is 42.1 Å². The Kier molecular flexibility index (Phi) is 10.4. The van der Waals surface area contributed by atoms with E-state index < -0.39 is 0 Å². The van der Waals surface area contributed by atoms with Crippen LogP contribution in [0, 0.1) is 0 Å². The summed E-state index contributed by atoms with van der Waals surface area (Å²) in [5.41, 5.74) is 12.2. The van der Waals surface area contributed by atoms with Crippen LogP contribution in [0.4, 0.5) is 0 Å². The first-order valence-electron chi connectivity index (χ1n) is 9.78. The molecule has 1 aromatic carbocycles. The van der Waals surface area contributed by atoms with Gasteiger partial charge in [0.2, 0.25) is 0 Å². The van der Waals surface area contributed by atoms with Gasteiger partial charge in [0.05, 0.1) is 0 Å². The van der Waals surface area contributed by atoms with Crippen molar-refractivity contribution in [3.8, 4) is 5.75 Å². The summed E-state index contributed by atoms with van der Waals surface area (Å²) in [6.45, 7) is 5.06. The Balaban J connectivity index is 2.54. The molecule has 1 rings (SSSR count). The third-order valence-corrected chi connectivity index (χ3v) is 4.57. The van der Waals surface area contributed by atoms with E-state index in [0.717, 1.165) is 38.5 Å². The van der Waals surface area contributed by atoms with Crippen molar-refractivity contribution in [1.29, 1.82) is 0 Å². The van der Waals surface area contributed by atoms with Crippen molar-refractivity contribution < 1.29 is 14.7 Å². The van der Waals surface area contributed by atoms with Crippen LogP contribution in [0.15, 0.2) is 18.2 Å². The van der Waals surface area contributed by atoms with Gasteiger partial charge in [0.15, 0.2) is 0 Å². The Bertz CT molecular complexity index is 559. The summed E-state index contributed by atoms with van der Waals surface area (Å²) in [7, 11) is 0. The van der Waals surface area contributed by atoms with E-state index >= 15 is 0 Å². The molecule has 0 aliphatic carbocycles. The van der Waals surface area contributed by atoms with Crippen LogP contribution < -0.4 is 22.1 Å². The van der Waals surface area contributed by atoms with Crippen molar-refractivity contribution >= 4 is 11.8 Å². The lowest BCUT2D eigenvalue weighted by Gasteiger charge is -2.11. The molecule has 0 heterocycles. The maximum absolute atomic E-state index is 12.3. The van der Waals surface area contributed by atoms with Gasteiger partial charge in [0.1, 0.15) is 5.75 Å². The summed E-state index contributed by atoms with van der Waals surface area (Å²) in [5, 5.41) is 15.4. The Labute approximate surface area is 161 Å². The largest absolute Gasteiger partial charge is 0.508 e. The molecule has 152 valence electrons. The van der Waals surface area contributed by atoms with E-state index in [4.69, 9.17) is 11.5 Å². The number of rotatable bonds is 12. The number of phenolic OH excluding ortho intramolecular Hbond substituents is 1. The smallest absolute Gasteiger partial charge is 0.251 e. The van der Waals surface area contributed by atoms with Crippen LogP contribution in [-0.2, 0) is 0 Å². The molecule has 27 heavy (non-hydrogen) atoms. The van der Waals surface area contributed by atoms with Crippen LogP contribution >= 0.6 is 0 Å². The number of nitrogens with two attached hydrogens (primary N) is 2. The molecule has 7 N–H and O–H groups in total. The quantitative estimate of drug-likeness (QED) is 0.355. The van der Waals surface area contributed by atoms with Crippen LogP contribution in [0.25, 0.3) is 0 Å². The normalized spacial score (nSPS) is 13.0. The highest BCUT2D eigenvalue weighted by Gasteiger charge is 2.13. The molecule has 0 saturated heterocycles. The number of hydrogen-bond donors (Lipinski definition) is 5. The van der Waals surface area contributed by atoms with Gasteiger partial charge in [-0.1, -0.05) is 13.8 Å². The van der Waals surface area contributed by atoms with Crippen LogP contribution in [0.1, 0.15) is 73.1 Å². The lowest BCUT2D eigenvalue weighted by atomic mass is 10.1. The van der Waals surface area contributed by atoms with Gasteiger partial charge >= 0.3 is 0 Å². The number of carbonyl (C=O) groups is 2. The maximum atomic E-state index is 12.3. The lowest BCUT2D eigenvalue weighted by Crippen LogP contribution is -2.28. The van der Waals surface area contributed by atoms with E-state index in [-0.39, 0.29) is 40.8 Å². The van der Waals surface area contributed by atoms with Crippen molar-refractivity contribution in [3.63, 3.8) is 0 Å². The molecule has 0 aliphatic heterocycles. The number of carbonyl (C=O) groups excluding carboxylic acids is 2. The van der Waals surface area contributed by atoms with Crippen molar-refractivity contribution in [2.24, 2.45) is 11.5 Å². The van der Waals surface area contributed by atoms with E-state index in [2.05, 4.69) is 10.6 Å². The minimum absolute atomic E-state index is 0.117. The second-order valence-electron chi connectivity index (χ2n) is 6.90. The average molecular weight is 379 g/mol. The first-order chi connectivity index (χ1) is 12.9. The fourth-order valence-electron chi connectivity index (χ4n) is 2.62. The molecule has 2 atom stereocenters. The number of amides is 2. The number of aromatic hydroxyl groups is 1. The fraction of sp³-hybridized carbons (Fsp3) is 0.600. The molecule has 0 radical (unpaired) electrons. The second-order valence-corrected chi connectivity index (χ2v) is 6.90. The zero-order valence-corrected chi connectivity index (χ0v) is 16.5. The number of benzene rings is 1. The Hall–Kier alpha value is -2.12. The van der Waals surface area contributed by atoms with Crippen LogP contribution in [0.2, 0.25) is 0 Å². The summed E-state index contributed by atoms with van der Waals surface area (Å²) in [6.07, 6.45) is 5.06. The SMILES string of the molecule is CCC(N)CCCNC(=O)c1cc(O)cc(C(=O)NCCCC(N)CC)c1. The van der Waals surface area contributed by atoms with Gasteiger partial charge < -0.3 is 27.2 Å². The van der Waals surface area contributed by atoms with Gasteiger partial charge in [-0.15, -0.1) is 0 Å². The molecule has 0 spiro atoms. The molecule has 7 nitrogen and oxygen atoms in total. The van der Waals surface area contributed by atoms with Gasteiger partial charge in [0, 0.05) is 36.3 Å². The molecule has 0 aliphatic rings. The highest BCUT2D eigenvalue weighted by atomic mass is 16.3. The minimum Gasteiger partial charge on any atom is -0.508 e. The first-order valence-corrected chi connectivity index (χ1v) is 9.78. The highest BCUT2D eigenvalue weighted by Crippen LogP contribution is 2.16. The minimum atomic E-state index is -0.320. The van der Waals surface area contributed by atoms with Gasteiger partial charge in [-0.3, -0.25) is 9.59 Å². The van der Waals surface area contributed by atoms with Crippen molar-refractivity contribution in [1.82, 2.24) is 10.6 Å². The molecular weight excluding hydrogens is 344 g/mol. The highest BCUT2D eigenvalue weighted by molar-refractivity contribution is 6.00. The number of phenols is 1. The average Bonchev–Trinajstić information content (AvgIpc) is 2.67. The molecule has 2 amide bonds. The molecule has 0 bridgehead atoms. The standard InChI is InChI=1S/C20H34N4O3/c1-3-16(21)7-5-9-23-19(26)14-11-15(13-18(25)12-14)20(27)24-10-6-8-17(22)4-2/h11-13,16-17,25H,3-10,21-22H2,1-2H3,(H,23,26)(H,24,27). The topological polar surface area (TPSA) is 130 Å². The van der Waals surface area contributed by atoms with Crippen LogP contribution in [0.5, 0.6) is 5.75 Å². The van der Waals surface area contributed by atoms with E-state index in [0.29, 0.717) is 13.1 Å². The summed E-state index contributed by atoms with van der Waals surface area (Å²) in [4.78, 5) is 24.5. The van der Waals surface area contributed by atoms with Crippen molar-refractivity contribution in [3.05, 3.63) is 29.3 Å². The van der Waals surface area contributed by atoms with Crippen molar-refractivity contribution in [2.45, 2.75) is 64.5 Å². The zero-order chi connectivity index (χ0) is 20.2. The lowest BCUT2D eigenvalue weighted by molar-refractivity contribution is 0.0952.